The number of aromatic nitrogens is 3. The highest BCUT2D eigenvalue weighted by molar-refractivity contribution is 7.09. The number of nitrogens with zero attached hydrogens (tertiary/aromatic N) is 2. The van der Waals surface area contributed by atoms with Crippen molar-refractivity contribution < 1.29 is 4.79 Å². The third kappa shape index (κ3) is 3.12. The molecule has 1 aliphatic rings. The highest BCUT2D eigenvalue weighted by Gasteiger charge is 2.22. The van der Waals surface area contributed by atoms with E-state index < -0.39 is 0 Å². The Morgan fingerprint density at radius 3 is 3.25 bits per heavy atom. The van der Waals surface area contributed by atoms with Crippen molar-refractivity contribution in [2.75, 3.05) is 6.54 Å². The van der Waals surface area contributed by atoms with E-state index in [-0.39, 0.29) is 12.1 Å². The number of aryl methyl sites for hydroxylation is 1. The molecule has 0 aromatic carbocycles. The molecule has 6 nitrogen and oxygen atoms in total. The maximum Gasteiger partial charge on any atom is 0.315 e. The highest BCUT2D eigenvalue weighted by Crippen LogP contribution is 2.26. The van der Waals surface area contributed by atoms with Crippen LogP contribution in [-0.4, -0.2) is 33.8 Å². The van der Waals surface area contributed by atoms with Gasteiger partial charge in [-0.05, 0) is 48.3 Å². The first-order valence-electron chi connectivity index (χ1n) is 8.16. The largest absolute Gasteiger partial charge is 0.338 e. The topological polar surface area (TPSA) is 82.7 Å². The molecule has 0 radical (unpaired) electrons. The summed E-state index contributed by atoms with van der Waals surface area (Å²) in [4.78, 5) is 17.8. The van der Waals surface area contributed by atoms with Crippen LogP contribution in [0.5, 0.6) is 0 Å². The molecule has 0 saturated carbocycles. The number of hydrogen-bond acceptors (Lipinski definition) is 4. The highest BCUT2D eigenvalue weighted by atomic mass is 32.1. The Labute approximate surface area is 143 Å². The zero-order chi connectivity index (χ0) is 16.4. The van der Waals surface area contributed by atoms with Crippen LogP contribution in [0.25, 0.3) is 11.0 Å². The van der Waals surface area contributed by atoms with E-state index in [0.717, 1.165) is 36.7 Å². The fourth-order valence-corrected chi connectivity index (χ4v) is 3.97. The zero-order valence-electron chi connectivity index (χ0n) is 13.2. The van der Waals surface area contributed by atoms with E-state index in [1.165, 1.54) is 16.0 Å². The molecule has 1 aliphatic carbocycles. The Morgan fingerprint density at radius 2 is 2.38 bits per heavy atom. The van der Waals surface area contributed by atoms with Gasteiger partial charge >= 0.3 is 6.03 Å². The molecule has 0 fully saturated rings. The van der Waals surface area contributed by atoms with Crippen LogP contribution < -0.4 is 10.6 Å². The number of hydrogen-bond donors (Lipinski definition) is 3. The molecule has 124 valence electrons. The Bertz CT molecular complexity index is 842. The number of thiophene rings is 1. The fraction of sp³-hybridized carbons (Fsp3) is 0.353. The van der Waals surface area contributed by atoms with Crippen LogP contribution in [-0.2, 0) is 19.3 Å². The summed E-state index contributed by atoms with van der Waals surface area (Å²) in [5.74, 6) is 0. The minimum absolute atomic E-state index is 0.0858. The fourth-order valence-electron chi connectivity index (χ4n) is 3.26. The van der Waals surface area contributed by atoms with Crippen LogP contribution in [0.3, 0.4) is 0 Å². The van der Waals surface area contributed by atoms with Crippen LogP contribution in [0.15, 0.2) is 29.9 Å². The predicted molar refractivity (Wildman–Crippen MR) is 94.3 cm³/mol. The average Bonchev–Trinajstić information content (AvgIpc) is 3.25. The van der Waals surface area contributed by atoms with Crippen molar-refractivity contribution in [3.8, 4) is 0 Å². The number of carbonyl (C=O) groups is 1. The van der Waals surface area contributed by atoms with Gasteiger partial charge in [-0.2, -0.15) is 5.10 Å². The minimum Gasteiger partial charge on any atom is -0.338 e. The molecule has 3 aromatic rings. The molecule has 3 heterocycles. The van der Waals surface area contributed by atoms with Crippen LogP contribution in [0.4, 0.5) is 4.79 Å². The van der Waals surface area contributed by atoms with Gasteiger partial charge in [-0.1, -0.05) is 6.07 Å². The van der Waals surface area contributed by atoms with E-state index in [4.69, 9.17) is 0 Å². The molecule has 24 heavy (non-hydrogen) atoms. The molecule has 4 rings (SSSR count). The van der Waals surface area contributed by atoms with Crippen molar-refractivity contribution in [3.63, 3.8) is 0 Å². The van der Waals surface area contributed by atoms with Crippen molar-refractivity contribution in [2.24, 2.45) is 0 Å². The summed E-state index contributed by atoms with van der Waals surface area (Å²) in [7, 11) is 0. The number of aromatic amines is 1. The van der Waals surface area contributed by atoms with Gasteiger partial charge in [0.25, 0.3) is 0 Å². The second-order valence-electron chi connectivity index (χ2n) is 6.06. The van der Waals surface area contributed by atoms with Gasteiger partial charge in [0, 0.05) is 29.0 Å². The first kappa shape index (κ1) is 15.1. The summed E-state index contributed by atoms with van der Waals surface area (Å²) in [6.45, 7) is 0.660. The second-order valence-corrected chi connectivity index (χ2v) is 7.10. The second kappa shape index (κ2) is 6.60. The number of H-pyrrole nitrogens is 1. The molecule has 3 N–H and O–H groups in total. The molecule has 3 aromatic heterocycles. The average molecular weight is 341 g/mol. The summed E-state index contributed by atoms with van der Waals surface area (Å²) in [6, 6.07) is 4.19. The van der Waals surface area contributed by atoms with Crippen LogP contribution in [0.2, 0.25) is 0 Å². The quantitative estimate of drug-likeness (QED) is 0.681. The molecule has 2 amide bonds. The molecule has 0 aliphatic heterocycles. The lowest BCUT2D eigenvalue weighted by atomic mass is 9.88. The Hall–Kier alpha value is -2.41. The maximum atomic E-state index is 12.1. The smallest absolute Gasteiger partial charge is 0.315 e. The Morgan fingerprint density at radius 1 is 1.42 bits per heavy atom. The van der Waals surface area contributed by atoms with Crippen molar-refractivity contribution in [1.82, 2.24) is 25.8 Å². The molecule has 1 atom stereocenters. The van der Waals surface area contributed by atoms with Gasteiger partial charge in [0.05, 0.1) is 6.20 Å². The van der Waals surface area contributed by atoms with Gasteiger partial charge in [-0.15, -0.1) is 11.3 Å². The zero-order valence-corrected chi connectivity index (χ0v) is 14.0. The Kier molecular flexibility index (Phi) is 4.17. The van der Waals surface area contributed by atoms with E-state index in [1.807, 2.05) is 18.5 Å². The van der Waals surface area contributed by atoms with E-state index in [9.17, 15) is 4.79 Å². The van der Waals surface area contributed by atoms with E-state index >= 15 is 0 Å². The molecular weight excluding hydrogens is 322 g/mol. The SMILES string of the molecule is O=C(NCCc1cccs1)NC1CCc2c(cnc3[nH]ncc23)C1. The lowest BCUT2D eigenvalue weighted by Gasteiger charge is -2.25. The Balaban J connectivity index is 1.32. The van der Waals surface area contributed by atoms with Crippen molar-refractivity contribution >= 4 is 28.4 Å². The van der Waals surface area contributed by atoms with Crippen molar-refractivity contribution in [2.45, 2.75) is 31.7 Å². The summed E-state index contributed by atoms with van der Waals surface area (Å²) in [5, 5.41) is 16.2. The molecule has 1 unspecified atom stereocenters. The number of urea groups is 1. The lowest BCUT2D eigenvalue weighted by Crippen LogP contribution is -2.45. The summed E-state index contributed by atoms with van der Waals surface area (Å²) in [6.07, 6.45) is 7.32. The van der Waals surface area contributed by atoms with Crippen molar-refractivity contribution in [1.29, 1.82) is 0 Å². The van der Waals surface area contributed by atoms with Crippen LogP contribution >= 0.6 is 11.3 Å². The van der Waals surface area contributed by atoms with Crippen LogP contribution in [0.1, 0.15) is 22.4 Å². The van der Waals surface area contributed by atoms with Crippen molar-refractivity contribution in [3.05, 3.63) is 45.9 Å². The third-order valence-electron chi connectivity index (χ3n) is 4.46. The molecule has 0 bridgehead atoms. The van der Waals surface area contributed by atoms with E-state index in [2.05, 4.69) is 37.3 Å². The number of amides is 2. The summed E-state index contributed by atoms with van der Waals surface area (Å²) >= 11 is 1.72. The van der Waals surface area contributed by atoms with Gasteiger partial charge in [0.1, 0.15) is 0 Å². The number of fused-ring (bicyclic) bond motifs is 3. The number of pyridine rings is 1. The molecule has 7 heteroatoms. The normalized spacial score (nSPS) is 16.8. The first-order valence-corrected chi connectivity index (χ1v) is 9.04. The van der Waals surface area contributed by atoms with E-state index in [0.29, 0.717) is 6.54 Å². The molecule has 0 saturated heterocycles. The summed E-state index contributed by atoms with van der Waals surface area (Å²) < 4.78 is 0. The minimum atomic E-state index is -0.0858. The predicted octanol–water partition coefficient (Wildman–Crippen LogP) is 2.42. The number of nitrogens with one attached hydrogen (secondary N) is 3. The van der Waals surface area contributed by atoms with Gasteiger partial charge in [0.15, 0.2) is 5.65 Å². The third-order valence-corrected chi connectivity index (χ3v) is 5.40. The van der Waals surface area contributed by atoms with Gasteiger partial charge in [-0.3, -0.25) is 5.10 Å². The maximum absolute atomic E-state index is 12.1. The summed E-state index contributed by atoms with van der Waals surface area (Å²) in [5.41, 5.74) is 3.36. The monoisotopic (exact) mass is 341 g/mol. The number of rotatable bonds is 4. The van der Waals surface area contributed by atoms with E-state index in [1.54, 1.807) is 11.3 Å². The first-order chi connectivity index (χ1) is 11.8. The van der Waals surface area contributed by atoms with Gasteiger partial charge in [0.2, 0.25) is 0 Å². The van der Waals surface area contributed by atoms with Gasteiger partial charge < -0.3 is 10.6 Å². The van der Waals surface area contributed by atoms with Gasteiger partial charge in [-0.25, -0.2) is 9.78 Å². The standard InChI is InChI=1S/C17H19N5OS/c23-17(18-6-5-13-2-1-7-24-13)21-12-3-4-14-11(8-12)9-19-16-15(14)10-20-22-16/h1-2,7,9-10,12H,3-6,8H2,(H2,18,21,23)(H,19,20,22). The van der Waals surface area contributed by atoms with Crippen LogP contribution in [0, 0.1) is 0 Å². The molecular formula is C17H19N5OS. The number of carbonyl (C=O) groups excluding carboxylic acids is 1. The molecule has 0 spiro atoms. The lowest BCUT2D eigenvalue weighted by molar-refractivity contribution is 0.236.